The zero-order chi connectivity index (χ0) is 27.7. The van der Waals surface area contributed by atoms with Gasteiger partial charge in [-0.05, 0) is 54.1 Å². The molecule has 0 radical (unpaired) electrons. The molecule has 0 saturated carbocycles. The van der Waals surface area contributed by atoms with Crippen molar-refractivity contribution in [1.29, 1.82) is 0 Å². The quantitative estimate of drug-likeness (QED) is 0.436. The number of rotatable bonds is 6. The van der Waals surface area contributed by atoms with Crippen molar-refractivity contribution in [2.45, 2.75) is 47.1 Å². The summed E-state index contributed by atoms with van der Waals surface area (Å²) in [5.41, 5.74) is 4.27. The van der Waals surface area contributed by atoms with Gasteiger partial charge in [-0.1, -0.05) is 39.8 Å². The molecule has 0 fully saturated rings. The molecule has 0 aliphatic carbocycles. The average Bonchev–Trinajstić information content (AvgIpc) is 2.82. The summed E-state index contributed by atoms with van der Waals surface area (Å²) in [6.07, 6.45) is 2.79. The van der Waals surface area contributed by atoms with E-state index in [4.69, 9.17) is 4.74 Å². The van der Waals surface area contributed by atoms with Crippen LogP contribution in [0.2, 0.25) is 0 Å². The Bertz CT molecular complexity index is 1340. The van der Waals surface area contributed by atoms with Crippen molar-refractivity contribution < 1.29 is 27.8 Å². The molecule has 2 N–H and O–H groups in total. The number of nitrogens with one attached hydrogen (secondary N) is 1. The van der Waals surface area contributed by atoms with Gasteiger partial charge < -0.3 is 9.76 Å². The van der Waals surface area contributed by atoms with Crippen molar-refractivity contribution in [2.75, 3.05) is 13.4 Å². The third-order valence-electron chi connectivity index (χ3n) is 6.36. The summed E-state index contributed by atoms with van der Waals surface area (Å²) in [6, 6.07) is 9.29. The van der Waals surface area contributed by atoms with Gasteiger partial charge in [-0.2, -0.15) is 5.10 Å². The van der Waals surface area contributed by atoms with Crippen LogP contribution in [0, 0.1) is 12.3 Å². The van der Waals surface area contributed by atoms with Gasteiger partial charge in [0.05, 0.1) is 25.6 Å². The van der Waals surface area contributed by atoms with E-state index in [9.17, 15) is 23.0 Å². The molecule has 1 heterocycles. The number of nitrogens with zero attached hydrogens (tertiary/aromatic N) is 3. The highest BCUT2D eigenvalue weighted by molar-refractivity contribution is 7.89. The number of sulfonamides is 1. The number of carbonyl (C=O) groups is 2. The Kier molecular flexibility index (Phi) is 8.04. The summed E-state index contributed by atoms with van der Waals surface area (Å²) < 4.78 is 30.0. The molecule has 10 nitrogen and oxygen atoms in total. The van der Waals surface area contributed by atoms with Crippen LogP contribution in [0.3, 0.4) is 0 Å². The van der Waals surface area contributed by atoms with Gasteiger partial charge in [0.1, 0.15) is 5.75 Å². The highest BCUT2D eigenvalue weighted by atomic mass is 32.2. The summed E-state index contributed by atoms with van der Waals surface area (Å²) in [5, 5.41) is 15.8. The summed E-state index contributed by atoms with van der Waals surface area (Å²) >= 11 is 0. The lowest BCUT2D eigenvalue weighted by molar-refractivity contribution is 0.0284. The number of hydrazone groups is 1. The van der Waals surface area contributed by atoms with Crippen LogP contribution in [0.1, 0.15) is 66.0 Å². The lowest BCUT2D eigenvalue weighted by Crippen LogP contribution is -2.56. The summed E-state index contributed by atoms with van der Waals surface area (Å²) in [7, 11) is -3.91. The largest absolute Gasteiger partial charge is 0.496 e. The van der Waals surface area contributed by atoms with Gasteiger partial charge in [0.25, 0.3) is 11.8 Å². The minimum absolute atomic E-state index is 0.173. The topological polar surface area (TPSA) is 129 Å². The Hall–Kier alpha value is -3.38. The molecule has 1 unspecified atom stereocenters. The molecular weight excluding hydrogens is 495 g/mol. The van der Waals surface area contributed by atoms with Crippen molar-refractivity contribution in [2.24, 2.45) is 10.5 Å². The third-order valence-corrected chi connectivity index (χ3v) is 7.33. The van der Waals surface area contributed by atoms with E-state index in [1.807, 2.05) is 27.7 Å². The van der Waals surface area contributed by atoms with Gasteiger partial charge in [-0.3, -0.25) is 15.0 Å². The average molecular weight is 528 g/mol. The number of methoxy groups -OCH3 is 1. The van der Waals surface area contributed by atoms with E-state index in [0.717, 1.165) is 6.26 Å². The Morgan fingerprint density at radius 1 is 1.24 bits per heavy atom. The van der Waals surface area contributed by atoms with Crippen LogP contribution in [0.25, 0.3) is 0 Å². The smallest absolute Gasteiger partial charge is 0.484 e. The van der Waals surface area contributed by atoms with Gasteiger partial charge in [0.15, 0.2) is 0 Å². The number of hydrazine groups is 1. The SMILES string of the molecule is CCC(N(NC(=O)c1cccc(OC)c1C)C(=O)c1ccc2c(c1)B(O)N(S(C)(=O)=O)N=C2)C(C)(C)C. The van der Waals surface area contributed by atoms with Gasteiger partial charge in [0.2, 0.25) is 10.0 Å². The molecular formula is C25H33BN4O6S. The first kappa shape index (κ1) is 28.2. The van der Waals surface area contributed by atoms with Crippen LogP contribution in [0.15, 0.2) is 41.5 Å². The van der Waals surface area contributed by atoms with E-state index in [2.05, 4.69) is 10.5 Å². The number of amides is 2. The number of carbonyl (C=O) groups excluding carboxylic acids is 2. The van der Waals surface area contributed by atoms with E-state index in [-0.39, 0.29) is 17.1 Å². The standard InChI is InChI=1S/C25H33BN4O6S/c1-8-22(25(3,4)5)29(28-23(31)19-10-9-11-21(36-6)16(19)2)24(32)17-12-13-18-15-27-30(37(7,34)35)26(33)20(18)14-17/h9-15,22,33H,8H2,1-7H3,(H,28,31). The first-order valence-electron chi connectivity index (χ1n) is 11.8. The fourth-order valence-electron chi connectivity index (χ4n) is 4.46. The molecule has 1 aliphatic heterocycles. The summed E-state index contributed by atoms with van der Waals surface area (Å²) in [5.74, 6) is -0.422. The first-order chi connectivity index (χ1) is 17.2. The number of fused-ring (bicyclic) bond motifs is 1. The molecule has 1 atom stereocenters. The monoisotopic (exact) mass is 528 g/mol. The minimum atomic E-state index is -3.84. The predicted octanol–water partition coefficient (Wildman–Crippen LogP) is 1.91. The number of hydrogen-bond acceptors (Lipinski definition) is 7. The van der Waals surface area contributed by atoms with E-state index in [1.54, 1.807) is 37.3 Å². The second kappa shape index (κ2) is 10.5. The van der Waals surface area contributed by atoms with Crippen LogP contribution in [-0.4, -0.2) is 67.3 Å². The number of ether oxygens (including phenoxy) is 1. The van der Waals surface area contributed by atoms with E-state index in [0.29, 0.717) is 33.2 Å². The van der Waals surface area contributed by atoms with Crippen molar-refractivity contribution in [1.82, 2.24) is 14.8 Å². The van der Waals surface area contributed by atoms with E-state index in [1.165, 1.54) is 24.4 Å². The van der Waals surface area contributed by atoms with E-state index < -0.39 is 34.3 Å². The zero-order valence-corrected chi connectivity index (χ0v) is 23.0. The van der Waals surface area contributed by atoms with Crippen LogP contribution in [0.4, 0.5) is 0 Å². The molecule has 1 aliphatic rings. The molecule has 37 heavy (non-hydrogen) atoms. The number of benzene rings is 2. The minimum Gasteiger partial charge on any atom is -0.496 e. The summed E-state index contributed by atoms with van der Waals surface area (Å²) in [4.78, 5) is 27.3. The van der Waals surface area contributed by atoms with Crippen LogP contribution >= 0.6 is 0 Å². The molecule has 2 aromatic carbocycles. The van der Waals surface area contributed by atoms with Crippen LogP contribution in [-0.2, 0) is 10.0 Å². The van der Waals surface area contributed by atoms with E-state index >= 15 is 0 Å². The maximum absolute atomic E-state index is 13.9. The van der Waals surface area contributed by atoms with Crippen molar-refractivity contribution >= 4 is 40.6 Å². The normalized spacial score (nSPS) is 14.2. The molecule has 2 aromatic rings. The number of hydrogen-bond donors (Lipinski definition) is 2. The fraction of sp³-hybridized carbons (Fsp3) is 0.400. The molecule has 0 aromatic heterocycles. The second-order valence-corrected chi connectivity index (χ2v) is 11.9. The second-order valence-electron chi connectivity index (χ2n) is 10.0. The molecule has 198 valence electrons. The van der Waals surface area contributed by atoms with Crippen molar-refractivity contribution in [3.05, 3.63) is 58.7 Å². The lowest BCUT2D eigenvalue weighted by atomic mass is 9.71. The van der Waals surface area contributed by atoms with Crippen molar-refractivity contribution in [3.63, 3.8) is 0 Å². The molecule has 0 bridgehead atoms. The van der Waals surface area contributed by atoms with Crippen molar-refractivity contribution in [3.8, 4) is 5.75 Å². The van der Waals surface area contributed by atoms with Crippen LogP contribution in [0.5, 0.6) is 5.75 Å². The first-order valence-corrected chi connectivity index (χ1v) is 13.7. The van der Waals surface area contributed by atoms with Gasteiger partial charge in [-0.25, -0.2) is 17.8 Å². The zero-order valence-electron chi connectivity index (χ0n) is 22.1. The van der Waals surface area contributed by atoms with Gasteiger partial charge in [-0.15, -0.1) is 0 Å². The molecule has 0 spiro atoms. The Balaban J connectivity index is 2.04. The molecule has 12 heteroatoms. The maximum atomic E-state index is 13.9. The van der Waals surface area contributed by atoms with Crippen LogP contribution < -0.4 is 15.6 Å². The highest BCUT2D eigenvalue weighted by Crippen LogP contribution is 2.28. The predicted molar refractivity (Wildman–Crippen MR) is 143 cm³/mol. The van der Waals surface area contributed by atoms with Gasteiger partial charge >= 0.3 is 7.05 Å². The molecule has 0 saturated heterocycles. The lowest BCUT2D eigenvalue weighted by Gasteiger charge is -2.39. The third kappa shape index (κ3) is 5.80. The summed E-state index contributed by atoms with van der Waals surface area (Å²) in [6.45, 7) is 9.61. The molecule has 2 amide bonds. The Labute approximate surface area is 218 Å². The maximum Gasteiger partial charge on any atom is 0.484 e. The Morgan fingerprint density at radius 3 is 2.49 bits per heavy atom. The fourth-order valence-corrected chi connectivity index (χ4v) is 5.15. The highest BCUT2D eigenvalue weighted by Gasteiger charge is 2.38. The Morgan fingerprint density at radius 2 is 1.92 bits per heavy atom. The molecule has 3 rings (SSSR count). The van der Waals surface area contributed by atoms with Gasteiger partial charge in [0, 0.05) is 16.7 Å².